The second-order valence-corrected chi connectivity index (χ2v) is 5.77. The van der Waals surface area contributed by atoms with Gasteiger partial charge >= 0.3 is 0 Å². The number of hydrogen-bond donors (Lipinski definition) is 1. The number of rotatable bonds is 6. The molecule has 0 aliphatic heterocycles. The van der Waals surface area contributed by atoms with Gasteiger partial charge in [0.15, 0.2) is 11.3 Å². The van der Waals surface area contributed by atoms with Crippen LogP contribution in [-0.4, -0.2) is 21.9 Å². The minimum atomic E-state index is 0.00231. The second-order valence-electron chi connectivity index (χ2n) is 4.86. The molecule has 116 valence electrons. The largest absolute Gasteiger partial charge is 0.377 e. The fourth-order valence-electron chi connectivity index (χ4n) is 2.00. The van der Waals surface area contributed by atoms with Crippen LogP contribution < -0.4 is 5.49 Å². The summed E-state index contributed by atoms with van der Waals surface area (Å²) >= 11 is 3.35. The number of ketones is 1. The summed E-state index contributed by atoms with van der Waals surface area (Å²) in [5.74, 6) is 0.637. The van der Waals surface area contributed by atoms with Gasteiger partial charge in [0, 0.05) is 28.4 Å². The molecule has 5 nitrogen and oxygen atoms in total. The molecule has 0 saturated carbocycles. The van der Waals surface area contributed by atoms with Gasteiger partial charge in [-0.25, -0.2) is 4.98 Å². The first-order valence-electron chi connectivity index (χ1n) is 6.99. The molecule has 2 rings (SSSR count). The first-order chi connectivity index (χ1) is 10.5. The summed E-state index contributed by atoms with van der Waals surface area (Å²) in [5.41, 5.74) is 1.52. The SMILES string of the molecule is CCOCc1cn(CC(=O)c2ccc(Br)cc2)c(C)nc1=N. The smallest absolute Gasteiger partial charge is 0.182 e. The third-order valence-corrected chi connectivity index (χ3v) is 3.78. The highest BCUT2D eigenvalue weighted by Gasteiger charge is 2.10. The van der Waals surface area contributed by atoms with Gasteiger partial charge in [0.1, 0.15) is 5.82 Å². The molecule has 0 amide bonds. The van der Waals surface area contributed by atoms with Crippen molar-refractivity contribution in [3.63, 3.8) is 0 Å². The minimum Gasteiger partial charge on any atom is -0.377 e. The Morgan fingerprint density at radius 2 is 2.05 bits per heavy atom. The number of aromatic nitrogens is 2. The van der Waals surface area contributed by atoms with Crippen LogP contribution in [0.5, 0.6) is 0 Å². The Bertz CT molecular complexity index is 723. The van der Waals surface area contributed by atoms with E-state index in [9.17, 15) is 4.79 Å². The number of carbonyl (C=O) groups is 1. The summed E-state index contributed by atoms with van der Waals surface area (Å²) in [5, 5.41) is 7.86. The molecule has 0 fully saturated rings. The first kappa shape index (κ1) is 16.6. The van der Waals surface area contributed by atoms with Crippen molar-refractivity contribution in [2.45, 2.75) is 27.0 Å². The number of carbonyl (C=O) groups excluding carboxylic acids is 1. The molecule has 0 atom stereocenters. The molecule has 0 spiro atoms. The van der Waals surface area contributed by atoms with E-state index in [1.807, 2.05) is 19.1 Å². The van der Waals surface area contributed by atoms with Crippen LogP contribution in [0.2, 0.25) is 0 Å². The molecule has 0 bridgehead atoms. The normalized spacial score (nSPS) is 10.7. The number of nitrogens with zero attached hydrogens (tertiary/aromatic N) is 2. The van der Waals surface area contributed by atoms with E-state index >= 15 is 0 Å². The van der Waals surface area contributed by atoms with Gasteiger partial charge in [0.2, 0.25) is 0 Å². The topological polar surface area (TPSA) is 68.0 Å². The van der Waals surface area contributed by atoms with Gasteiger partial charge in [0.05, 0.1) is 13.2 Å². The predicted octanol–water partition coefficient (Wildman–Crippen LogP) is 2.85. The van der Waals surface area contributed by atoms with Crippen LogP contribution in [0.1, 0.15) is 28.7 Å². The Hall–Kier alpha value is -1.79. The Morgan fingerprint density at radius 1 is 1.36 bits per heavy atom. The molecule has 6 heteroatoms. The zero-order valence-electron chi connectivity index (χ0n) is 12.6. The van der Waals surface area contributed by atoms with Crippen molar-refractivity contribution < 1.29 is 9.53 Å². The Kier molecular flexibility index (Phi) is 5.63. The average Bonchev–Trinajstić information content (AvgIpc) is 2.49. The van der Waals surface area contributed by atoms with Gasteiger partial charge in [-0.3, -0.25) is 10.2 Å². The third-order valence-electron chi connectivity index (χ3n) is 3.25. The molecule has 1 heterocycles. The maximum Gasteiger partial charge on any atom is 0.182 e. The summed E-state index contributed by atoms with van der Waals surface area (Å²) in [6.07, 6.45) is 1.77. The zero-order valence-corrected chi connectivity index (χ0v) is 14.2. The number of halogens is 1. The van der Waals surface area contributed by atoms with Crippen LogP contribution in [0.3, 0.4) is 0 Å². The van der Waals surface area contributed by atoms with Crippen molar-refractivity contribution >= 4 is 21.7 Å². The Morgan fingerprint density at radius 3 is 2.68 bits per heavy atom. The van der Waals surface area contributed by atoms with Gasteiger partial charge in [0.25, 0.3) is 0 Å². The van der Waals surface area contributed by atoms with E-state index in [0.29, 0.717) is 30.2 Å². The van der Waals surface area contributed by atoms with Crippen LogP contribution >= 0.6 is 15.9 Å². The monoisotopic (exact) mass is 363 g/mol. The van der Waals surface area contributed by atoms with Gasteiger partial charge in [-0.1, -0.05) is 28.1 Å². The highest BCUT2D eigenvalue weighted by molar-refractivity contribution is 9.10. The number of benzene rings is 1. The van der Waals surface area contributed by atoms with E-state index in [4.69, 9.17) is 10.1 Å². The molecule has 0 radical (unpaired) electrons. The number of Topliss-reactive ketones (excluding diaryl/α,β-unsaturated/α-hetero) is 1. The predicted molar refractivity (Wildman–Crippen MR) is 86.6 cm³/mol. The number of nitrogens with one attached hydrogen (secondary N) is 1. The summed E-state index contributed by atoms with van der Waals surface area (Å²) in [6.45, 7) is 4.79. The molecular formula is C16H18BrN3O2. The molecule has 2 aromatic rings. The van der Waals surface area contributed by atoms with E-state index in [2.05, 4.69) is 20.9 Å². The van der Waals surface area contributed by atoms with Gasteiger partial charge in [-0.2, -0.15) is 0 Å². The lowest BCUT2D eigenvalue weighted by Gasteiger charge is -2.12. The van der Waals surface area contributed by atoms with Gasteiger partial charge in [-0.05, 0) is 26.0 Å². The minimum absolute atomic E-state index is 0.00231. The van der Waals surface area contributed by atoms with Crippen LogP contribution in [-0.2, 0) is 17.9 Å². The first-order valence-corrected chi connectivity index (χ1v) is 7.78. The van der Waals surface area contributed by atoms with Crippen molar-refractivity contribution in [3.05, 3.63) is 57.4 Å². The van der Waals surface area contributed by atoms with E-state index in [-0.39, 0.29) is 17.8 Å². The number of ether oxygens (including phenoxy) is 1. The maximum absolute atomic E-state index is 12.3. The maximum atomic E-state index is 12.3. The highest BCUT2D eigenvalue weighted by Crippen LogP contribution is 2.12. The fourth-order valence-corrected chi connectivity index (χ4v) is 2.26. The van der Waals surface area contributed by atoms with Gasteiger partial charge < -0.3 is 9.30 Å². The molecule has 0 aliphatic rings. The van der Waals surface area contributed by atoms with Crippen molar-refractivity contribution in [2.24, 2.45) is 0 Å². The van der Waals surface area contributed by atoms with Crippen molar-refractivity contribution in [1.29, 1.82) is 5.41 Å². The quantitative estimate of drug-likeness (QED) is 0.802. The molecule has 1 aromatic carbocycles. The lowest BCUT2D eigenvalue weighted by Crippen LogP contribution is -2.23. The summed E-state index contributed by atoms with van der Waals surface area (Å²) in [6, 6.07) is 7.26. The van der Waals surface area contributed by atoms with Crippen LogP contribution in [0.4, 0.5) is 0 Å². The van der Waals surface area contributed by atoms with Crippen molar-refractivity contribution in [1.82, 2.24) is 9.55 Å². The fraction of sp³-hybridized carbons (Fsp3) is 0.312. The molecule has 0 unspecified atom stereocenters. The van der Waals surface area contributed by atoms with Crippen molar-refractivity contribution in [2.75, 3.05) is 6.61 Å². The summed E-state index contributed by atoms with van der Waals surface area (Å²) in [7, 11) is 0. The van der Waals surface area contributed by atoms with E-state index in [0.717, 1.165) is 4.47 Å². The van der Waals surface area contributed by atoms with E-state index in [1.54, 1.807) is 29.8 Å². The molecule has 22 heavy (non-hydrogen) atoms. The lowest BCUT2D eigenvalue weighted by atomic mass is 10.1. The number of hydrogen-bond acceptors (Lipinski definition) is 4. The third kappa shape index (κ3) is 4.11. The summed E-state index contributed by atoms with van der Waals surface area (Å²) in [4.78, 5) is 16.5. The van der Waals surface area contributed by atoms with Crippen molar-refractivity contribution in [3.8, 4) is 0 Å². The average molecular weight is 364 g/mol. The van der Waals surface area contributed by atoms with E-state index < -0.39 is 0 Å². The standard InChI is InChI=1S/C16H18BrN3O2/c1-3-22-10-13-8-20(11(2)19-16(13)18)9-15(21)12-4-6-14(17)7-5-12/h4-8,18H,3,9-10H2,1-2H3. The van der Waals surface area contributed by atoms with Gasteiger partial charge in [-0.15, -0.1) is 0 Å². The molecule has 0 saturated heterocycles. The Labute approximate surface area is 137 Å². The lowest BCUT2D eigenvalue weighted by molar-refractivity contribution is 0.0969. The number of aryl methyl sites for hydroxylation is 1. The van der Waals surface area contributed by atoms with E-state index in [1.165, 1.54) is 0 Å². The summed E-state index contributed by atoms with van der Waals surface area (Å²) < 4.78 is 8.03. The molecule has 1 aromatic heterocycles. The van der Waals surface area contributed by atoms with Crippen LogP contribution in [0.25, 0.3) is 0 Å². The molecular weight excluding hydrogens is 346 g/mol. The van der Waals surface area contributed by atoms with Crippen LogP contribution in [0, 0.1) is 12.3 Å². The molecule has 0 aliphatic carbocycles. The van der Waals surface area contributed by atoms with Crippen LogP contribution in [0.15, 0.2) is 34.9 Å². The highest BCUT2D eigenvalue weighted by atomic mass is 79.9. The second kappa shape index (κ2) is 7.47. The Balaban J connectivity index is 2.23. The zero-order chi connectivity index (χ0) is 16.1. The molecule has 1 N–H and O–H groups in total.